The van der Waals surface area contributed by atoms with Crippen molar-refractivity contribution in [2.75, 3.05) is 18.0 Å². The molecule has 1 unspecified atom stereocenters. The molecule has 1 aromatic carbocycles. The smallest absolute Gasteiger partial charge is 0.329 e. The maximum atomic E-state index is 13.1. The molecule has 0 radical (unpaired) electrons. The topological polar surface area (TPSA) is 91.7 Å². The molecule has 0 spiro atoms. The predicted molar refractivity (Wildman–Crippen MR) is 123 cm³/mol. The minimum atomic E-state index is -0.869. The zero-order valence-electron chi connectivity index (χ0n) is 18.9. The molecular formula is C25H28N4O4. The van der Waals surface area contributed by atoms with E-state index in [4.69, 9.17) is 0 Å². The van der Waals surface area contributed by atoms with Crippen molar-refractivity contribution >= 4 is 23.5 Å². The van der Waals surface area contributed by atoms with Crippen LogP contribution < -0.4 is 15.8 Å². The van der Waals surface area contributed by atoms with Crippen molar-refractivity contribution in [3.05, 3.63) is 64.1 Å². The summed E-state index contributed by atoms with van der Waals surface area (Å²) in [5.74, 6) is 0.124. The lowest BCUT2D eigenvalue weighted by atomic mass is 9.83. The van der Waals surface area contributed by atoms with Crippen molar-refractivity contribution in [1.82, 2.24) is 14.8 Å². The number of piperidine rings is 1. The van der Waals surface area contributed by atoms with E-state index in [0.717, 1.165) is 22.6 Å². The van der Waals surface area contributed by atoms with Crippen LogP contribution in [-0.4, -0.2) is 46.4 Å². The second kappa shape index (κ2) is 8.17. The zero-order chi connectivity index (χ0) is 23.3. The molecule has 3 aliphatic rings. The van der Waals surface area contributed by atoms with Crippen LogP contribution in [0.4, 0.5) is 10.5 Å². The highest BCUT2D eigenvalue weighted by Gasteiger charge is 2.42. The lowest BCUT2D eigenvalue weighted by Crippen LogP contribution is -2.50. The second-order valence-corrected chi connectivity index (χ2v) is 9.62. The van der Waals surface area contributed by atoms with Crippen LogP contribution in [-0.2, 0) is 16.1 Å². The normalized spacial score (nSPS) is 24.2. The van der Waals surface area contributed by atoms with Gasteiger partial charge in [0.25, 0.3) is 11.5 Å². The molecular weight excluding hydrogens is 420 g/mol. The van der Waals surface area contributed by atoms with Gasteiger partial charge in [0.2, 0.25) is 5.91 Å². The van der Waals surface area contributed by atoms with Gasteiger partial charge in [-0.15, -0.1) is 0 Å². The van der Waals surface area contributed by atoms with Crippen molar-refractivity contribution in [2.24, 2.45) is 5.92 Å². The van der Waals surface area contributed by atoms with Crippen LogP contribution in [0.1, 0.15) is 49.8 Å². The quantitative estimate of drug-likeness (QED) is 0.728. The van der Waals surface area contributed by atoms with Crippen molar-refractivity contribution in [3.63, 3.8) is 0 Å². The number of likely N-dealkylation sites (tertiary alicyclic amines) is 1. The number of carbonyl (C=O) groups is 3. The van der Waals surface area contributed by atoms with Crippen LogP contribution in [0.25, 0.3) is 0 Å². The van der Waals surface area contributed by atoms with E-state index < -0.39 is 18.0 Å². The number of fused-ring (bicyclic) bond motifs is 4. The first-order chi connectivity index (χ1) is 15.8. The Labute approximate surface area is 192 Å². The molecule has 1 aromatic heterocycles. The molecule has 4 amide bonds. The SMILES string of the molecule is CC(C)c1ccc(N2C(=O)NC(CC(=O)N3C[C@H]4C[C@@H](C3)c3cccc(=O)n3C4)C2=O)cc1. The molecule has 8 heteroatoms. The Kier molecular flexibility index (Phi) is 5.31. The summed E-state index contributed by atoms with van der Waals surface area (Å²) in [5.41, 5.74) is 2.60. The van der Waals surface area contributed by atoms with Crippen molar-refractivity contribution in [1.29, 1.82) is 0 Å². The minimum absolute atomic E-state index is 0.00256. The number of carbonyl (C=O) groups excluding carboxylic acids is 3. The van der Waals surface area contributed by atoms with Gasteiger partial charge in [-0.05, 0) is 42.0 Å². The fraction of sp³-hybridized carbons (Fsp3) is 0.440. The number of hydrogen-bond donors (Lipinski definition) is 1. The highest BCUT2D eigenvalue weighted by Crippen LogP contribution is 2.35. The third-order valence-corrected chi connectivity index (χ3v) is 7.05. The van der Waals surface area contributed by atoms with Gasteiger partial charge in [-0.1, -0.05) is 32.0 Å². The van der Waals surface area contributed by atoms with E-state index in [2.05, 4.69) is 19.2 Å². The molecule has 3 atom stereocenters. The zero-order valence-corrected chi connectivity index (χ0v) is 18.9. The Bertz CT molecular complexity index is 1170. The fourth-order valence-electron chi connectivity index (χ4n) is 5.33. The molecule has 2 aromatic rings. The van der Waals surface area contributed by atoms with Crippen LogP contribution >= 0.6 is 0 Å². The molecule has 33 heavy (non-hydrogen) atoms. The van der Waals surface area contributed by atoms with E-state index >= 15 is 0 Å². The van der Waals surface area contributed by atoms with E-state index in [1.54, 1.807) is 29.2 Å². The van der Waals surface area contributed by atoms with Crippen molar-refractivity contribution in [2.45, 2.75) is 51.1 Å². The third-order valence-electron chi connectivity index (χ3n) is 7.05. The average molecular weight is 449 g/mol. The van der Waals surface area contributed by atoms with Crippen LogP contribution in [0.5, 0.6) is 0 Å². The van der Waals surface area contributed by atoms with E-state index in [9.17, 15) is 19.2 Å². The van der Waals surface area contributed by atoms with E-state index in [1.807, 2.05) is 22.8 Å². The number of amides is 4. The number of nitrogens with zero attached hydrogens (tertiary/aromatic N) is 3. The first-order valence-electron chi connectivity index (χ1n) is 11.5. The van der Waals surface area contributed by atoms with E-state index in [-0.39, 0.29) is 29.7 Å². The van der Waals surface area contributed by atoms with Gasteiger partial charge in [-0.25, -0.2) is 9.69 Å². The van der Waals surface area contributed by atoms with Gasteiger partial charge in [-0.3, -0.25) is 14.4 Å². The van der Waals surface area contributed by atoms with Crippen LogP contribution in [0.3, 0.4) is 0 Å². The maximum Gasteiger partial charge on any atom is 0.329 e. The maximum absolute atomic E-state index is 13.1. The van der Waals surface area contributed by atoms with Crippen LogP contribution in [0.15, 0.2) is 47.3 Å². The Hall–Kier alpha value is -3.42. The highest BCUT2D eigenvalue weighted by molar-refractivity contribution is 6.22. The molecule has 0 aliphatic carbocycles. The van der Waals surface area contributed by atoms with Crippen molar-refractivity contribution in [3.8, 4) is 0 Å². The Morgan fingerprint density at radius 3 is 2.52 bits per heavy atom. The number of urea groups is 1. The van der Waals surface area contributed by atoms with Gasteiger partial charge < -0.3 is 14.8 Å². The second-order valence-electron chi connectivity index (χ2n) is 9.62. The molecule has 4 heterocycles. The Morgan fingerprint density at radius 1 is 1.03 bits per heavy atom. The molecule has 2 saturated heterocycles. The molecule has 5 rings (SSSR count). The number of imide groups is 1. The highest BCUT2D eigenvalue weighted by atomic mass is 16.2. The number of pyridine rings is 1. The molecule has 1 N–H and O–H groups in total. The molecule has 2 fully saturated rings. The first-order valence-corrected chi connectivity index (χ1v) is 11.5. The third kappa shape index (κ3) is 3.83. The lowest BCUT2D eigenvalue weighted by molar-refractivity contribution is -0.136. The van der Waals surface area contributed by atoms with Crippen LogP contribution in [0.2, 0.25) is 0 Å². The number of hydrogen-bond acceptors (Lipinski definition) is 4. The summed E-state index contributed by atoms with van der Waals surface area (Å²) in [7, 11) is 0. The van der Waals surface area contributed by atoms with Gasteiger partial charge in [0.05, 0.1) is 12.1 Å². The molecule has 0 saturated carbocycles. The Balaban J connectivity index is 1.27. The summed E-state index contributed by atoms with van der Waals surface area (Å²) in [6.07, 6.45) is 0.888. The molecule has 8 nitrogen and oxygen atoms in total. The van der Waals surface area contributed by atoms with Crippen molar-refractivity contribution < 1.29 is 14.4 Å². The monoisotopic (exact) mass is 448 g/mol. The summed E-state index contributed by atoms with van der Waals surface area (Å²) in [6, 6.07) is 11.3. The number of nitrogens with one attached hydrogen (secondary N) is 1. The average Bonchev–Trinajstić information content (AvgIpc) is 3.07. The number of aromatic nitrogens is 1. The standard InChI is InChI=1S/C25H28N4O4/c1-15(2)17-6-8-19(9-7-17)29-24(32)20(26-25(29)33)11-23(31)27-12-16-10-18(14-27)21-4-3-5-22(30)28(21)13-16/h3-9,15-16,18,20H,10-14H2,1-2H3,(H,26,33)/t16-,18+,20?/m1/s1. The summed E-state index contributed by atoms with van der Waals surface area (Å²) < 4.78 is 1.82. The summed E-state index contributed by atoms with van der Waals surface area (Å²) in [5, 5.41) is 2.68. The number of rotatable bonds is 4. The predicted octanol–water partition coefficient (Wildman–Crippen LogP) is 2.43. The molecule has 172 valence electrons. The first kappa shape index (κ1) is 21.4. The lowest BCUT2D eigenvalue weighted by Gasteiger charge is -2.43. The van der Waals surface area contributed by atoms with Gasteiger partial charge in [0, 0.05) is 37.3 Å². The summed E-state index contributed by atoms with van der Waals surface area (Å²) >= 11 is 0. The van der Waals surface area contributed by atoms with Gasteiger partial charge >= 0.3 is 6.03 Å². The molecule has 2 bridgehead atoms. The number of anilines is 1. The van der Waals surface area contributed by atoms with E-state index in [1.165, 1.54) is 0 Å². The fourth-order valence-corrected chi connectivity index (χ4v) is 5.33. The van der Waals surface area contributed by atoms with Gasteiger partial charge in [0.1, 0.15) is 6.04 Å². The Morgan fingerprint density at radius 2 is 1.79 bits per heavy atom. The summed E-state index contributed by atoms with van der Waals surface area (Å²) in [6.45, 7) is 5.85. The largest absolute Gasteiger partial charge is 0.342 e. The van der Waals surface area contributed by atoms with Gasteiger partial charge in [-0.2, -0.15) is 0 Å². The number of benzene rings is 1. The van der Waals surface area contributed by atoms with E-state index in [0.29, 0.717) is 31.2 Å². The van der Waals surface area contributed by atoms with Crippen LogP contribution in [0, 0.1) is 5.92 Å². The summed E-state index contributed by atoms with van der Waals surface area (Å²) in [4.78, 5) is 53.8. The molecule has 3 aliphatic heterocycles. The van der Waals surface area contributed by atoms with Gasteiger partial charge in [0.15, 0.2) is 0 Å². The minimum Gasteiger partial charge on any atom is -0.342 e.